The van der Waals surface area contributed by atoms with E-state index in [9.17, 15) is 0 Å². The van der Waals surface area contributed by atoms with Gasteiger partial charge >= 0.3 is 0 Å². The first-order valence-corrected chi connectivity index (χ1v) is 9.71. The molecule has 7 heteroatoms. The molecule has 4 rings (SSSR count). The molecule has 0 saturated heterocycles. The lowest BCUT2D eigenvalue weighted by molar-refractivity contribution is 0.253. The smallest absolute Gasteiger partial charge is 0.138 e. The second kappa shape index (κ2) is 8.19. The highest BCUT2D eigenvalue weighted by Crippen LogP contribution is 2.27. The molecular formula is C22H22ClN5O. The summed E-state index contributed by atoms with van der Waals surface area (Å²) in [6.07, 6.45) is 3.22. The minimum absolute atomic E-state index is 0.211. The summed E-state index contributed by atoms with van der Waals surface area (Å²) in [5.41, 5.74) is 4.03. The molecule has 0 spiro atoms. The predicted octanol–water partition coefficient (Wildman–Crippen LogP) is 4.67. The van der Waals surface area contributed by atoms with E-state index in [2.05, 4.69) is 52.1 Å². The van der Waals surface area contributed by atoms with Gasteiger partial charge in [0.2, 0.25) is 0 Å². The van der Waals surface area contributed by atoms with Gasteiger partial charge in [0.25, 0.3) is 0 Å². The number of ether oxygens (including phenoxy) is 1. The molecule has 2 aromatic heterocycles. The summed E-state index contributed by atoms with van der Waals surface area (Å²) in [7, 11) is 3.73. The van der Waals surface area contributed by atoms with Crippen LogP contribution in [0, 0.1) is 0 Å². The first kappa shape index (κ1) is 19.4. The van der Waals surface area contributed by atoms with Crippen LogP contribution in [0.15, 0.2) is 61.2 Å². The highest BCUT2D eigenvalue weighted by molar-refractivity contribution is 6.30. The Kier molecular flexibility index (Phi) is 5.47. The van der Waals surface area contributed by atoms with Crippen LogP contribution in [0.3, 0.4) is 0 Å². The lowest BCUT2D eigenvalue weighted by Gasteiger charge is -2.25. The van der Waals surface area contributed by atoms with Gasteiger partial charge in [-0.25, -0.2) is 14.6 Å². The number of aromatic nitrogens is 4. The van der Waals surface area contributed by atoms with Crippen LogP contribution in [-0.4, -0.2) is 38.8 Å². The number of fused-ring (bicyclic) bond motifs is 1. The molecule has 0 aliphatic rings. The van der Waals surface area contributed by atoms with Crippen molar-refractivity contribution >= 4 is 22.5 Å². The number of nitrogens with zero attached hydrogens (tertiary/aromatic N) is 5. The Morgan fingerprint density at radius 2 is 1.93 bits per heavy atom. The zero-order valence-corrected chi connectivity index (χ0v) is 17.3. The highest BCUT2D eigenvalue weighted by atomic mass is 35.5. The quantitative estimate of drug-likeness (QED) is 0.435. The van der Waals surface area contributed by atoms with Crippen LogP contribution in [0.25, 0.3) is 16.6 Å². The molecule has 0 aliphatic heterocycles. The van der Waals surface area contributed by atoms with Gasteiger partial charge in [-0.3, -0.25) is 4.90 Å². The van der Waals surface area contributed by atoms with E-state index in [1.54, 1.807) is 18.1 Å². The Bertz CT molecular complexity index is 1110. The van der Waals surface area contributed by atoms with Crippen molar-refractivity contribution in [2.75, 3.05) is 14.2 Å². The number of pyridine rings is 1. The molecule has 0 aliphatic carbocycles. The first-order valence-electron chi connectivity index (χ1n) is 9.33. The molecule has 0 radical (unpaired) electrons. The van der Waals surface area contributed by atoms with Crippen LogP contribution in [0.5, 0.6) is 5.75 Å². The van der Waals surface area contributed by atoms with Gasteiger partial charge in [-0.05, 0) is 49.9 Å². The lowest BCUT2D eigenvalue weighted by Crippen LogP contribution is -2.22. The van der Waals surface area contributed by atoms with Crippen LogP contribution in [-0.2, 0) is 6.54 Å². The number of hydrogen-bond acceptors (Lipinski definition) is 5. The van der Waals surface area contributed by atoms with E-state index < -0.39 is 0 Å². The summed E-state index contributed by atoms with van der Waals surface area (Å²) >= 11 is 6.48. The third-order valence-electron chi connectivity index (χ3n) is 5.19. The van der Waals surface area contributed by atoms with Gasteiger partial charge < -0.3 is 4.74 Å². The molecule has 2 heterocycles. The number of benzene rings is 2. The van der Waals surface area contributed by atoms with Gasteiger partial charge in [0.1, 0.15) is 23.6 Å². The molecule has 0 N–H and O–H groups in total. The van der Waals surface area contributed by atoms with Crippen molar-refractivity contribution in [3.63, 3.8) is 0 Å². The molecule has 29 heavy (non-hydrogen) atoms. The summed E-state index contributed by atoms with van der Waals surface area (Å²) in [4.78, 5) is 10.8. The fraction of sp³-hybridized carbons (Fsp3) is 0.227. The van der Waals surface area contributed by atoms with Gasteiger partial charge in [-0.2, -0.15) is 5.10 Å². The Balaban J connectivity index is 1.52. The lowest BCUT2D eigenvalue weighted by atomic mass is 10.1. The minimum atomic E-state index is 0.211. The van der Waals surface area contributed by atoms with Crippen molar-refractivity contribution < 1.29 is 4.74 Å². The number of hydrogen-bond donors (Lipinski definition) is 0. The Labute approximate surface area is 174 Å². The molecule has 148 valence electrons. The monoisotopic (exact) mass is 407 g/mol. The molecule has 2 aromatic carbocycles. The molecule has 4 aromatic rings. The van der Waals surface area contributed by atoms with E-state index >= 15 is 0 Å². The number of methoxy groups -OCH3 is 1. The summed E-state index contributed by atoms with van der Waals surface area (Å²) in [6, 6.07) is 16.5. The molecule has 0 amide bonds. The van der Waals surface area contributed by atoms with Crippen molar-refractivity contribution in [1.29, 1.82) is 0 Å². The zero-order chi connectivity index (χ0) is 20.4. The molecule has 6 nitrogen and oxygen atoms in total. The van der Waals surface area contributed by atoms with E-state index in [0.717, 1.165) is 27.9 Å². The third kappa shape index (κ3) is 4.09. The van der Waals surface area contributed by atoms with E-state index in [4.69, 9.17) is 16.3 Å². The summed E-state index contributed by atoms with van der Waals surface area (Å²) in [6.45, 7) is 2.87. The second-order valence-corrected chi connectivity index (χ2v) is 7.38. The van der Waals surface area contributed by atoms with Crippen molar-refractivity contribution in [1.82, 2.24) is 24.6 Å². The fourth-order valence-electron chi connectivity index (χ4n) is 3.31. The van der Waals surface area contributed by atoms with Crippen molar-refractivity contribution in [2.24, 2.45) is 0 Å². The van der Waals surface area contributed by atoms with E-state index in [1.807, 2.05) is 30.3 Å². The maximum Gasteiger partial charge on any atom is 0.138 e. The van der Waals surface area contributed by atoms with Gasteiger partial charge in [0.15, 0.2) is 0 Å². The molecule has 0 bridgehead atoms. The first-order chi connectivity index (χ1) is 14.0. The van der Waals surface area contributed by atoms with E-state index in [-0.39, 0.29) is 6.04 Å². The van der Waals surface area contributed by atoms with Crippen LogP contribution < -0.4 is 4.74 Å². The maximum absolute atomic E-state index is 6.48. The SMILES string of the molecule is COc1ccc2cc(CN(C)C(C)c3ccc(-n4cncn4)cc3)c(Cl)nc2c1. The summed E-state index contributed by atoms with van der Waals surface area (Å²) in [5, 5.41) is 5.73. The van der Waals surface area contributed by atoms with E-state index in [1.165, 1.54) is 11.9 Å². The fourth-order valence-corrected chi connectivity index (χ4v) is 3.52. The Morgan fingerprint density at radius 3 is 2.62 bits per heavy atom. The summed E-state index contributed by atoms with van der Waals surface area (Å²) < 4.78 is 7.01. The van der Waals surface area contributed by atoms with Gasteiger partial charge in [-0.15, -0.1) is 0 Å². The van der Waals surface area contributed by atoms with Crippen molar-refractivity contribution in [3.8, 4) is 11.4 Å². The number of halogens is 1. The molecule has 0 saturated carbocycles. The third-order valence-corrected chi connectivity index (χ3v) is 5.52. The normalized spacial score (nSPS) is 12.4. The van der Waals surface area contributed by atoms with Gasteiger partial charge in [-0.1, -0.05) is 23.7 Å². The van der Waals surface area contributed by atoms with Gasteiger partial charge in [0, 0.05) is 29.6 Å². The second-order valence-electron chi connectivity index (χ2n) is 7.02. The molecule has 0 fully saturated rings. The maximum atomic E-state index is 6.48. The zero-order valence-electron chi connectivity index (χ0n) is 16.6. The minimum Gasteiger partial charge on any atom is -0.497 e. The molecule has 1 unspecified atom stereocenters. The van der Waals surface area contributed by atoms with Crippen LogP contribution in [0.1, 0.15) is 24.1 Å². The van der Waals surface area contributed by atoms with Crippen LogP contribution in [0.4, 0.5) is 0 Å². The van der Waals surface area contributed by atoms with E-state index in [0.29, 0.717) is 11.7 Å². The van der Waals surface area contributed by atoms with Crippen LogP contribution >= 0.6 is 11.6 Å². The Hall–Kier alpha value is -2.96. The molecule has 1 atom stereocenters. The van der Waals surface area contributed by atoms with Gasteiger partial charge in [0.05, 0.1) is 18.3 Å². The topological polar surface area (TPSA) is 56.1 Å². The highest BCUT2D eigenvalue weighted by Gasteiger charge is 2.15. The Morgan fingerprint density at radius 1 is 1.14 bits per heavy atom. The van der Waals surface area contributed by atoms with Crippen molar-refractivity contribution in [3.05, 3.63) is 77.5 Å². The van der Waals surface area contributed by atoms with Crippen LogP contribution in [0.2, 0.25) is 5.15 Å². The average molecular weight is 408 g/mol. The molecular weight excluding hydrogens is 386 g/mol. The summed E-state index contributed by atoms with van der Waals surface area (Å²) in [5.74, 6) is 0.772. The standard InChI is InChI=1S/C22H22ClN5O/c1-15(16-4-7-19(8-5-16)28-14-24-13-25-28)27(2)12-18-10-17-6-9-20(29-3)11-21(17)26-22(18)23/h4-11,13-15H,12H2,1-3H3. The average Bonchev–Trinajstić information content (AvgIpc) is 3.28. The largest absolute Gasteiger partial charge is 0.497 e. The number of rotatable bonds is 6. The predicted molar refractivity (Wildman–Crippen MR) is 115 cm³/mol. The van der Waals surface area contributed by atoms with Crippen molar-refractivity contribution in [2.45, 2.75) is 19.5 Å².